The van der Waals surface area contributed by atoms with E-state index in [0.29, 0.717) is 12.8 Å². The number of amides is 1. The highest BCUT2D eigenvalue weighted by Crippen LogP contribution is 2.42. The molecule has 1 amide bonds. The van der Waals surface area contributed by atoms with E-state index in [-0.39, 0.29) is 12.1 Å². The van der Waals surface area contributed by atoms with Crippen LogP contribution >= 0.6 is 0 Å². The Morgan fingerprint density at radius 3 is 2.60 bits per heavy atom. The molecule has 5 nitrogen and oxygen atoms in total. The van der Waals surface area contributed by atoms with Gasteiger partial charge in [-0.3, -0.25) is 4.90 Å². The van der Waals surface area contributed by atoms with Crippen molar-refractivity contribution in [2.45, 2.75) is 44.6 Å². The molecule has 5 heteroatoms. The lowest BCUT2D eigenvalue weighted by atomic mass is 9.98. The van der Waals surface area contributed by atoms with Gasteiger partial charge in [0.2, 0.25) is 0 Å². The van der Waals surface area contributed by atoms with Gasteiger partial charge in [-0.15, -0.1) is 0 Å². The van der Waals surface area contributed by atoms with Crippen LogP contribution in [0.3, 0.4) is 0 Å². The molecule has 0 radical (unpaired) electrons. The predicted octanol–water partition coefficient (Wildman–Crippen LogP) is 2.82. The van der Waals surface area contributed by atoms with Crippen LogP contribution in [-0.4, -0.2) is 34.2 Å². The molecule has 0 bridgehead atoms. The van der Waals surface area contributed by atoms with Crippen molar-refractivity contribution in [3.63, 3.8) is 0 Å². The van der Waals surface area contributed by atoms with Crippen molar-refractivity contribution in [3.05, 3.63) is 35.9 Å². The monoisotopic (exact) mass is 277 g/mol. The van der Waals surface area contributed by atoms with Gasteiger partial charge < -0.3 is 14.6 Å². The molecule has 0 spiro atoms. The Hall–Kier alpha value is -1.88. The highest BCUT2D eigenvalue weighted by atomic mass is 16.6. The van der Waals surface area contributed by atoms with Crippen molar-refractivity contribution in [2.75, 3.05) is 0 Å². The Balaban J connectivity index is 2.35. The van der Waals surface area contributed by atoms with E-state index in [4.69, 9.17) is 4.74 Å². The number of hydrogen-bond acceptors (Lipinski definition) is 3. The summed E-state index contributed by atoms with van der Waals surface area (Å²) in [5.41, 5.74) is 0.0279. The maximum Gasteiger partial charge on any atom is 0.409 e. The topological polar surface area (TPSA) is 66.8 Å². The van der Waals surface area contributed by atoms with Gasteiger partial charge in [-0.1, -0.05) is 30.3 Å². The van der Waals surface area contributed by atoms with Crippen molar-refractivity contribution in [1.82, 2.24) is 4.90 Å². The molecule has 2 rings (SSSR count). The van der Waals surface area contributed by atoms with Crippen LogP contribution in [0.25, 0.3) is 0 Å². The first-order chi connectivity index (χ1) is 9.47. The van der Waals surface area contributed by atoms with Crippen molar-refractivity contribution in [1.29, 1.82) is 0 Å². The fourth-order valence-electron chi connectivity index (χ4n) is 2.81. The average Bonchev–Trinajstić information content (AvgIpc) is 2.68. The van der Waals surface area contributed by atoms with Crippen molar-refractivity contribution < 1.29 is 19.4 Å². The third-order valence-electron chi connectivity index (χ3n) is 3.59. The summed E-state index contributed by atoms with van der Waals surface area (Å²) in [6.07, 6.45) is 0.218. The minimum absolute atomic E-state index is 0.317. The number of aldehydes is 1. The van der Waals surface area contributed by atoms with Crippen molar-refractivity contribution >= 4 is 12.4 Å². The molecule has 1 fully saturated rings. The highest BCUT2D eigenvalue weighted by molar-refractivity contribution is 5.67. The number of carbonyl (C=O) groups is 2. The summed E-state index contributed by atoms with van der Waals surface area (Å²) in [6.45, 7) is 3.47. The largest absolute Gasteiger partial charge is 0.465 e. The molecular weight excluding hydrogens is 258 g/mol. The van der Waals surface area contributed by atoms with Crippen LogP contribution in [-0.2, 0) is 9.53 Å². The molecule has 1 aromatic carbocycles. The first kappa shape index (κ1) is 14.5. The van der Waals surface area contributed by atoms with E-state index >= 15 is 0 Å². The predicted molar refractivity (Wildman–Crippen MR) is 73.3 cm³/mol. The Labute approximate surface area is 118 Å². The van der Waals surface area contributed by atoms with E-state index in [2.05, 4.69) is 0 Å². The van der Waals surface area contributed by atoms with Crippen molar-refractivity contribution in [2.24, 2.45) is 0 Å². The molecule has 1 heterocycles. The van der Waals surface area contributed by atoms with Gasteiger partial charge in [0.1, 0.15) is 18.1 Å². The number of ether oxygens (including phenoxy) is 1. The second-order valence-corrected chi connectivity index (χ2v) is 5.36. The number of hydrogen-bond donors (Lipinski definition) is 1. The summed E-state index contributed by atoms with van der Waals surface area (Å²) in [4.78, 5) is 23.5. The average molecular weight is 277 g/mol. The Kier molecular flexibility index (Phi) is 4.09. The van der Waals surface area contributed by atoms with E-state index in [1.54, 1.807) is 13.8 Å². The maximum absolute atomic E-state index is 11.5. The lowest BCUT2D eigenvalue weighted by Crippen LogP contribution is -2.47. The summed E-state index contributed by atoms with van der Waals surface area (Å²) in [5.74, 6) is 0. The SMILES string of the molecule is CC1(C)OC(c2ccccc2)C(CCC=O)N1C(=O)O. The second-order valence-electron chi connectivity index (χ2n) is 5.36. The van der Waals surface area contributed by atoms with Gasteiger partial charge in [-0.2, -0.15) is 0 Å². The second kappa shape index (κ2) is 5.63. The van der Waals surface area contributed by atoms with E-state index in [1.165, 1.54) is 4.90 Å². The minimum atomic E-state index is -1.02. The molecular formula is C15H19NO4. The quantitative estimate of drug-likeness (QED) is 0.859. The van der Waals surface area contributed by atoms with Crippen LogP contribution in [0, 0.1) is 0 Å². The van der Waals surface area contributed by atoms with Crippen LogP contribution in [0.1, 0.15) is 38.4 Å². The number of benzene rings is 1. The first-order valence-corrected chi connectivity index (χ1v) is 6.66. The van der Waals surface area contributed by atoms with Crippen LogP contribution < -0.4 is 0 Å². The molecule has 20 heavy (non-hydrogen) atoms. The lowest BCUT2D eigenvalue weighted by molar-refractivity contribution is -0.108. The van der Waals surface area contributed by atoms with E-state index in [1.807, 2.05) is 30.3 Å². The van der Waals surface area contributed by atoms with E-state index in [0.717, 1.165) is 11.8 Å². The zero-order chi connectivity index (χ0) is 14.8. The van der Waals surface area contributed by atoms with Crippen LogP contribution in [0.4, 0.5) is 4.79 Å². The molecule has 1 aliphatic rings. The summed E-state index contributed by atoms with van der Waals surface area (Å²) in [7, 11) is 0. The van der Waals surface area contributed by atoms with Gasteiger partial charge >= 0.3 is 6.09 Å². The standard InChI is InChI=1S/C15H19NO4/c1-15(2)16(14(18)19)12(9-6-10-17)13(20-15)11-7-4-3-5-8-11/h3-5,7-8,10,12-13H,6,9H2,1-2H3,(H,18,19). The first-order valence-electron chi connectivity index (χ1n) is 6.66. The Morgan fingerprint density at radius 1 is 1.40 bits per heavy atom. The highest BCUT2D eigenvalue weighted by Gasteiger charge is 2.50. The summed E-state index contributed by atoms with van der Waals surface area (Å²) >= 11 is 0. The van der Waals surface area contributed by atoms with E-state index < -0.39 is 11.8 Å². The number of rotatable bonds is 4. The Morgan fingerprint density at radius 2 is 2.05 bits per heavy atom. The molecule has 0 aromatic heterocycles. The smallest absolute Gasteiger partial charge is 0.409 e. The Bertz CT molecular complexity index is 486. The zero-order valence-corrected chi connectivity index (χ0v) is 11.7. The van der Waals surface area contributed by atoms with E-state index in [9.17, 15) is 14.7 Å². The van der Waals surface area contributed by atoms with Crippen molar-refractivity contribution in [3.8, 4) is 0 Å². The third-order valence-corrected chi connectivity index (χ3v) is 3.59. The molecule has 0 saturated carbocycles. The number of carboxylic acid groups (broad SMARTS) is 1. The normalized spacial score (nSPS) is 24.6. The molecule has 2 atom stereocenters. The van der Waals surface area contributed by atoms with Gasteiger partial charge in [0.15, 0.2) is 0 Å². The molecule has 0 aliphatic carbocycles. The molecule has 108 valence electrons. The fraction of sp³-hybridized carbons (Fsp3) is 0.467. The summed E-state index contributed by atoms with van der Waals surface area (Å²) in [6, 6.07) is 9.17. The van der Waals surface area contributed by atoms with Gasteiger partial charge in [0, 0.05) is 6.42 Å². The lowest BCUT2D eigenvalue weighted by Gasteiger charge is -2.30. The summed E-state index contributed by atoms with van der Waals surface area (Å²) < 4.78 is 5.95. The zero-order valence-electron chi connectivity index (χ0n) is 11.7. The van der Waals surface area contributed by atoms with Gasteiger partial charge in [0.05, 0.1) is 6.04 Å². The summed E-state index contributed by atoms with van der Waals surface area (Å²) in [5, 5.41) is 9.44. The molecule has 1 N–H and O–H groups in total. The van der Waals surface area contributed by atoms with Crippen LogP contribution in [0.5, 0.6) is 0 Å². The van der Waals surface area contributed by atoms with Gasteiger partial charge in [-0.25, -0.2) is 4.79 Å². The molecule has 1 aromatic rings. The van der Waals surface area contributed by atoms with Crippen LogP contribution in [0.2, 0.25) is 0 Å². The third kappa shape index (κ3) is 2.67. The minimum Gasteiger partial charge on any atom is -0.465 e. The van der Waals surface area contributed by atoms with Crippen LogP contribution in [0.15, 0.2) is 30.3 Å². The number of nitrogens with zero attached hydrogens (tertiary/aromatic N) is 1. The van der Waals surface area contributed by atoms with Gasteiger partial charge in [0.25, 0.3) is 0 Å². The number of carbonyl (C=O) groups excluding carboxylic acids is 1. The molecule has 1 saturated heterocycles. The molecule has 1 aliphatic heterocycles. The van der Waals surface area contributed by atoms with Gasteiger partial charge in [-0.05, 0) is 25.8 Å². The fourth-order valence-corrected chi connectivity index (χ4v) is 2.81. The maximum atomic E-state index is 11.5. The molecule has 2 unspecified atom stereocenters.